The van der Waals surface area contributed by atoms with Gasteiger partial charge in [0, 0.05) is 16.6 Å². The number of nitrogens with zero attached hydrogens (tertiary/aromatic N) is 2. The van der Waals surface area contributed by atoms with Crippen molar-refractivity contribution in [1.29, 1.82) is 0 Å². The van der Waals surface area contributed by atoms with Gasteiger partial charge in [-0.25, -0.2) is 4.98 Å². The van der Waals surface area contributed by atoms with Crippen molar-refractivity contribution >= 4 is 44.9 Å². The highest BCUT2D eigenvalue weighted by Gasteiger charge is 2.20. The van der Waals surface area contributed by atoms with Crippen LogP contribution in [0.25, 0.3) is 15.9 Å². The van der Waals surface area contributed by atoms with Crippen LogP contribution in [0.15, 0.2) is 58.5 Å². The maximum Gasteiger partial charge on any atom is 0.267 e. The zero-order valence-corrected chi connectivity index (χ0v) is 22.0. The summed E-state index contributed by atoms with van der Waals surface area (Å²) in [5.74, 6) is 0.608. The van der Waals surface area contributed by atoms with Crippen molar-refractivity contribution in [3.05, 3.63) is 74.9 Å². The first-order valence-electron chi connectivity index (χ1n) is 11.7. The normalized spacial score (nSPS) is 11.1. The number of methoxy groups -OCH3 is 1. The van der Waals surface area contributed by atoms with E-state index in [1.165, 1.54) is 22.2 Å². The summed E-state index contributed by atoms with van der Waals surface area (Å²) in [5.41, 5.74) is 3.52. The van der Waals surface area contributed by atoms with Gasteiger partial charge in [-0.05, 0) is 55.2 Å². The van der Waals surface area contributed by atoms with E-state index in [-0.39, 0.29) is 17.2 Å². The lowest BCUT2D eigenvalue weighted by Crippen LogP contribution is -2.23. The molecule has 0 unspecified atom stereocenters. The number of thiophene rings is 1. The van der Waals surface area contributed by atoms with Crippen molar-refractivity contribution < 1.29 is 9.53 Å². The Balaban J connectivity index is 1.70. The predicted octanol–water partition coefficient (Wildman–Crippen LogP) is 6.01. The van der Waals surface area contributed by atoms with Crippen molar-refractivity contribution in [1.82, 2.24) is 9.55 Å². The number of rotatable bonds is 9. The van der Waals surface area contributed by atoms with Crippen LogP contribution in [-0.4, -0.2) is 28.3 Å². The first-order valence-corrected chi connectivity index (χ1v) is 13.5. The number of carbonyl (C=O) groups excluding carboxylic acids is 1. The molecule has 182 valence electrons. The molecule has 0 aliphatic carbocycles. The number of aryl methyl sites for hydroxylation is 3. The maximum absolute atomic E-state index is 13.8. The highest BCUT2D eigenvalue weighted by atomic mass is 32.2. The second-order valence-electron chi connectivity index (χ2n) is 8.20. The Kier molecular flexibility index (Phi) is 7.93. The van der Waals surface area contributed by atoms with Gasteiger partial charge in [-0.1, -0.05) is 50.2 Å². The predicted molar refractivity (Wildman–Crippen MR) is 146 cm³/mol. The highest BCUT2D eigenvalue weighted by molar-refractivity contribution is 7.99. The SMILES string of the molecule is CCCc1sc2nc(SCC(=O)Nc3cccc(OC)c3)n(-c3ccc(CC)cc3)c(=O)c2c1C. The minimum Gasteiger partial charge on any atom is -0.497 e. The first kappa shape index (κ1) is 25.0. The molecule has 0 radical (unpaired) electrons. The Morgan fingerprint density at radius 2 is 1.94 bits per heavy atom. The molecule has 35 heavy (non-hydrogen) atoms. The first-order chi connectivity index (χ1) is 16.9. The lowest BCUT2D eigenvalue weighted by atomic mass is 10.1. The molecule has 1 amide bonds. The van der Waals surface area contributed by atoms with E-state index in [0.717, 1.165) is 35.3 Å². The van der Waals surface area contributed by atoms with Crippen LogP contribution in [0.3, 0.4) is 0 Å². The van der Waals surface area contributed by atoms with Gasteiger partial charge in [0.05, 0.1) is 23.9 Å². The van der Waals surface area contributed by atoms with E-state index in [2.05, 4.69) is 19.2 Å². The Labute approximate surface area is 213 Å². The average molecular weight is 508 g/mol. The summed E-state index contributed by atoms with van der Waals surface area (Å²) in [6, 6.07) is 15.2. The number of carbonyl (C=O) groups is 1. The van der Waals surface area contributed by atoms with Gasteiger partial charge in [0.25, 0.3) is 5.56 Å². The van der Waals surface area contributed by atoms with Crippen molar-refractivity contribution in [2.24, 2.45) is 0 Å². The zero-order chi connectivity index (χ0) is 24.9. The molecule has 2 aromatic heterocycles. The van der Waals surface area contributed by atoms with E-state index in [0.29, 0.717) is 22.0 Å². The molecule has 1 N–H and O–H groups in total. The zero-order valence-electron chi connectivity index (χ0n) is 20.4. The lowest BCUT2D eigenvalue weighted by molar-refractivity contribution is -0.113. The van der Waals surface area contributed by atoms with E-state index < -0.39 is 0 Å². The van der Waals surface area contributed by atoms with Gasteiger partial charge in [-0.2, -0.15) is 0 Å². The highest BCUT2D eigenvalue weighted by Crippen LogP contribution is 2.31. The molecule has 0 spiro atoms. The summed E-state index contributed by atoms with van der Waals surface area (Å²) in [7, 11) is 1.59. The molecule has 0 aliphatic heterocycles. The number of ether oxygens (including phenoxy) is 1. The Hall–Kier alpha value is -3.10. The van der Waals surface area contributed by atoms with Crippen LogP contribution >= 0.6 is 23.1 Å². The number of anilines is 1. The number of nitrogens with one attached hydrogen (secondary N) is 1. The summed E-state index contributed by atoms with van der Waals surface area (Å²) in [4.78, 5) is 33.3. The summed E-state index contributed by atoms with van der Waals surface area (Å²) >= 11 is 2.84. The largest absolute Gasteiger partial charge is 0.497 e. The molecule has 0 fully saturated rings. The van der Waals surface area contributed by atoms with Gasteiger partial charge in [-0.15, -0.1) is 11.3 Å². The topological polar surface area (TPSA) is 73.2 Å². The van der Waals surface area contributed by atoms with Crippen molar-refractivity contribution in [3.63, 3.8) is 0 Å². The smallest absolute Gasteiger partial charge is 0.267 e. The van der Waals surface area contributed by atoms with E-state index in [4.69, 9.17) is 9.72 Å². The molecule has 4 rings (SSSR count). The molecule has 2 aromatic carbocycles. The van der Waals surface area contributed by atoms with Crippen LogP contribution in [0.4, 0.5) is 5.69 Å². The fourth-order valence-electron chi connectivity index (χ4n) is 3.91. The van der Waals surface area contributed by atoms with E-state index in [1.54, 1.807) is 29.1 Å². The van der Waals surface area contributed by atoms with Crippen LogP contribution in [0.2, 0.25) is 0 Å². The van der Waals surface area contributed by atoms with Crippen LogP contribution in [0.5, 0.6) is 5.75 Å². The third-order valence-corrected chi connectivity index (χ3v) is 7.98. The summed E-state index contributed by atoms with van der Waals surface area (Å²) in [6.45, 7) is 6.24. The monoisotopic (exact) mass is 507 g/mol. The van der Waals surface area contributed by atoms with Crippen molar-refractivity contribution in [2.75, 3.05) is 18.2 Å². The number of aromatic nitrogens is 2. The number of amides is 1. The molecule has 0 saturated carbocycles. The molecule has 0 bridgehead atoms. The maximum atomic E-state index is 13.8. The number of hydrogen-bond acceptors (Lipinski definition) is 6. The molecular weight excluding hydrogens is 478 g/mol. The summed E-state index contributed by atoms with van der Waals surface area (Å²) in [5, 5.41) is 4.07. The average Bonchev–Trinajstić information content (AvgIpc) is 3.18. The van der Waals surface area contributed by atoms with Gasteiger partial charge in [0.1, 0.15) is 10.6 Å². The quantitative estimate of drug-likeness (QED) is 0.222. The second-order valence-corrected chi connectivity index (χ2v) is 10.2. The van der Waals surface area contributed by atoms with Gasteiger partial charge in [0.15, 0.2) is 5.16 Å². The van der Waals surface area contributed by atoms with Gasteiger partial charge in [-0.3, -0.25) is 14.2 Å². The van der Waals surface area contributed by atoms with Crippen LogP contribution in [0, 0.1) is 6.92 Å². The molecule has 0 aliphatic rings. The minimum atomic E-state index is -0.181. The Bertz CT molecular complexity index is 1410. The van der Waals surface area contributed by atoms with Gasteiger partial charge < -0.3 is 10.1 Å². The van der Waals surface area contributed by atoms with Gasteiger partial charge >= 0.3 is 0 Å². The lowest BCUT2D eigenvalue weighted by Gasteiger charge is -2.13. The molecule has 4 aromatic rings. The van der Waals surface area contributed by atoms with Crippen molar-refractivity contribution in [2.45, 2.75) is 45.2 Å². The van der Waals surface area contributed by atoms with E-state index in [1.807, 2.05) is 49.4 Å². The number of fused-ring (bicyclic) bond motifs is 1. The number of hydrogen-bond donors (Lipinski definition) is 1. The second kappa shape index (κ2) is 11.1. The summed E-state index contributed by atoms with van der Waals surface area (Å²) < 4.78 is 6.87. The Morgan fingerprint density at radius 1 is 1.17 bits per heavy atom. The third kappa shape index (κ3) is 5.44. The Morgan fingerprint density at radius 3 is 2.63 bits per heavy atom. The van der Waals surface area contributed by atoms with Crippen LogP contribution in [0.1, 0.15) is 36.3 Å². The molecule has 6 nitrogen and oxygen atoms in total. The molecular formula is C27H29N3O3S2. The van der Waals surface area contributed by atoms with E-state index in [9.17, 15) is 9.59 Å². The number of benzene rings is 2. The fraction of sp³-hybridized carbons (Fsp3) is 0.296. The molecule has 8 heteroatoms. The van der Waals surface area contributed by atoms with Crippen molar-refractivity contribution in [3.8, 4) is 11.4 Å². The van der Waals surface area contributed by atoms with Crippen LogP contribution in [-0.2, 0) is 17.6 Å². The molecule has 2 heterocycles. The number of thioether (sulfide) groups is 1. The molecule has 0 saturated heterocycles. The fourth-order valence-corrected chi connectivity index (χ4v) is 6.04. The molecule has 0 atom stereocenters. The minimum absolute atomic E-state index is 0.0916. The standard InChI is InChI=1S/C27H29N3O3S2/c1-5-8-22-17(3)24-25(35-22)29-27(30(26(24)32)20-13-11-18(6-2)12-14-20)34-16-23(31)28-19-9-7-10-21(15-19)33-4/h7,9-15H,5-6,8,16H2,1-4H3,(H,28,31). The summed E-state index contributed by atoms with van der Waals surface area (Å²) in [6.07, 6.45) is 2.85. The van der Waals surface area contributed by atoms with Crippen LogP contribution < -0.4 is 15.6 Å². The third-order valence-electron chi connectivity index (χ3n) is 5.80. The van der Waals surface area contributed by atoms with E-state index >= 15 is 0 Å². The van der Waals surface area contributed by atoms with Gasteiger partial charge in [0.2, 0.25) is 5.91 Å².